The highest BCUT2D eigenvalue weighted by Gasteiger charge is 2.37. The van der Waals surface area contributed by atoms with Gasteiger partial charge in [-0.1, -0.05) is 104 Å². The Morgan fingerprint density at radius 2 is 1.43 bits per heavy atom. The van der Waals surface area contributed by atoms with Gasteiger partial charge in [0, 0.05) is 19.5 Å². The second-order valence-corrected chi connectivity index (χ2v) is 13.1. The van der Waals surface area contributed by atoms with Gasteiger partial charge in [-0.15, -0.1) is 0 Å². The van der Waals surface area contributed by atoms with E-state index in [2.05, 4.69) is 5.32 Å². The van der Waals surface area contributed by atoms with E-state index in [-0.39, 0.29) is 17.9 Å². The molecule has 4 aromatic rings. The van der Waals surface area contributed by atoms with Crippen LogP contribution in [0.25, 0.3) is 0 Å². The van der Waals surface area contributed by atoms with E-state index in [0.29, 0.717) is 28.9 Å². The highest BCUT2D eigenvalue weighted by molar-refractivity contribution is 7.92. The van der Waals surface area contributed by atoms with Gasteiger partial charge in [-0.25, -0.2) is 8.42 Å². The Balaban J connectivity index is 1.83. The van der Waals surface area contributed by atoms with E-state index < -0.39 is 56.9 Å². The lowest BCUT2D eigenvalue weighted by molar-refractivity contribution is -0.140. The van der Waals surface area contributed by atoms with Crippen molar-refractivity contribution in [1.29, 1.82) is 0 Å². The summed E-state index contributed by atoms with van der Waals surface area (Å²) >= 11 is 5.86. The molecule has 4 aromatic carbocycles. The van der Waals surface area contributed by atoms with Gasteiger partial charge in [-0.05, 0) is 47.9 Å². The van der Waals surface area contributed by atoms with Crippen molar-refractivity contribution in [2.24, 2.45) is 0 Å². The van der Waals surface area contributed by atoms with Gasteiger partial charge < -0.3 is 10.2 Å². The molecular formula is C35H35ClF3N3O4S. The summed E-state index contributed by atoms with van der Waals surface area (Å²) in [6.45, 7) is 1.39. The van der Waals surface area contributed by atoms with Crippen molar-refractivity contribution >= 4 is 39.1 Å². The fourth-order valence-corrected chi connectivity index (χ4v) is 6.63. The second kappa shape index (κ2) is 16.0. The van der Waals surface area contributed by atoms with Crippen molar-refractivity contribution in [2.75, 3.05) is 17.4 Å². The van der Waals surface area contributed by atoms with Gasteiger partial charge in [-0.2, -0.15) is 13.2 Å². The first-order chi connectivity index (χ1) is 22.4. The number of anilines is 1. The Labute approximate surface area is 278 Å². The molecule has 0 bridgehead atoms. The van der Waals surface area contributed by atoms with Crippen molar-refractivity contribution in [3.05, 3.63) is 131 Å². The monoisotopic (exact) mass is 685 g/mol. The topological polar surface area (TPSA) is 86.8 Å². The molecule has 0 aliphatic heterocycles. The Morgan fingerprint density at radius 3 is 2.00 bits per heavy atom. The van der Waals surface area contributed by atoms with Crippen LogP contribution >= 0.6 is 11.6 Å². The lowest BCUT2D eigenvalue weighted by Gasteiger charge is -2.34. The van der Waals surface area contributed by atoms with Crippen LogP contribution in [0.1, 0.15) is 36.5 Å². The minimum Gasteiger partial charge on any atom is -0.354 e. The maximum Gasteiger partial charge on any atom is 0.417 e. The molecule has 2 amide bonds. The molecule has 12 heteroatoms. The zero-order valence-corrected chi connectivity index (χ0v) is 27.2. The molecule has 0 radical (unpaired) electrons. The van der Waals surface area contributed by atoms with E-state index in [1.165, 1.54) is 29.2 Å². The quantitative estimate of drug-likeness (QED) is 0.143. The standard InChI is InChI=1S/C35H35ClF3N3O4S/c1-2-3-21-40-34(44)32(22-26-13-7-4-8-14-26)41(24-27-15-9-5-10-16-27)33(43)25-42(47(45,46)29-17-11-6-12-18-29)28-19-20-31(36)30(23-28)35(37,38)39/h4-20,23,32H,2-3,21-22,24-25H2,1H3,(H,40,44)/t32-/m0/s1. The fourth-order valence-electron chi connectivity index (χ4n) is 4.97. The number of rotatable bonds is 14. The summed E-state index contributed by atoms with van der Waals surface area (Å²) in [5, 5.41) is 2.27. The number of nitrogens with one attached hydrogen (secondary N) is 1. The van der Waals surface area contributed by atoms with Gasteiger partial charge in [0.05, 0.1) is 21.2 Å². The summed E-state index contributed by atoms with van der Waals surface area (Å²) in [6.07, 6.45) is -3.25. The maximum absolute atomic E-state index is 14.4. The third-order valence-corrected chi connectivity index (χ3v) is 9.57. The van der Waals surface area contributed by atoms with Crippen LogP contribution in [0.3, 0.4) is 0 Å². The first-order valence-electron chi connectivity index (χ1n) is 15.0. The number of halogens is 4. The smallest absolute Gasteiger partial charge is 0.354 e. The molecule has 47 heavy (non-hydrogen) atoms. The molecule has 0 aliphatic carbocycles. The van der Waals surface area contributed by atoms with Crippen LogP contribution in [0.15, 0.2) is 114 Å². The predicted molar refractivity (Wildman–Crippen MR) is 176 cm³/mol. The summed E-state index contributed by atoms with van der Waals surface area (Å²) in [5.41, 5.74) is -0.236. The number of carbonyl (C=O) groups excluding carboxylic acids is 2. The number of alkyl halides is 3. The minimum atomic E-state index is -4.89. The van der Waals surface area contributed by atoms with E-state index in [9.17, 15) is 31.2 Å². The lowest BCUT2D eigenvalue weighted by Crippen LogP contribution is -2.53. The predicted octanol–water partition coefficient (Wildman–Crippen LogP) is 7.11. The average molecular weight is 686 g/mol. The SMILES string of the molecule is CCCCNC(=O)[C@H](Cc1ccccc1)N(Cc1ccccc1)C(=O)CN(c1ccc(Cl)c(C(F)(F)F)c1)S(=O)(=O)c1ccccc1. The number of sulfonamides is 1. The van der Waals surface area contributed by atoms with Crippen LogP contribution in [-0.2, 0) is 38.8 Å². The van der Waals surface area contributed by atoms with E-state index in [1.54, 1.807) is 48.5 Å². The molecule has 0 heterocycles. The van der Waals surface area contributed by atoms with Gasteiger partial charge in [0.25, 0.3) is 10.0 Å². The normalized spacial score (nSPS) is 12.3. The van der Waals surface area contributed by atoms with Crippen molar-refractivity contribution in [1.82, 2.24) is 10.2 Å². The zero-order chi connectivity index (χ0) is 34.0. The Morgan fingerprint density at radius 1 is 0.851 bits per heavy atom. The summed E-state index contributed by atoms with van der Waals surface area (Å²) < 4.78 is 70.4. The molecule has 4 rings (SSSR count). The third-order valence-electron chi connectivity index (χ3n) is 7.45. The molecular weight excluding hydrogens is 651 g/mol. The number of hydrogen-bond donors (Lipinski definition) is 1. The van der Waals surface area contributed by atoms with Crippen molar-refractivity contribution < 1.29 is 31.2 Å². The van der Waals surface area contributed by atoms with Gasteiger partial charge in [-0.3, -0.25) is 13.9 Å². The van der Waals surface area contributed by atoms with Crippen molar-refractivity contribution in [3.8, 4) is 0 Å². The largest absolute Gasteiger partial charge is 0.417 e. The molecule has 1 N–H and O–H groups in total. The van der Waals surface area contributed by atoms with Gasteiger partial charge in [0.15, 0.2) is 0 Å². The molecule has 0 spiro atoms. The maximum atomic E-state index is 14.4. The average Bonchev–Trinajstić information content (AvgIpc) is 3.06. The Kier molecular flexibility index (Phi) is 12.1. The van der Waals surface area contributed by atoms with E-state index in [4.69, 9.17) is 11.6 Å². The summed E-state index contributed by atoms with van der Waals surface area (Å²) in [6, 6.07) is 26.6. The molecule has 1 atom stereocenters. The van der Waals surface area contributed by atoms with Gasteiger partial charge >= 0.3 is 6.18 Å². The van der Waals surface area contributed by atoms with Gasteiger partial charge in [0.2, 0.25) is 11.8 Å². The molecule has 7 nitrogen and oxygen atoms in total. The van der Waals surface area contributed by atoms with Crippen LogP contribution in [0.5, 0.6) is 0 Å². The number of carbonyl (C=O) groups is 2. The summed E-state index contributed by atoms with van der Waals surface area (Å²) in [5.74, 6) is -1.22. The third kappa shape index (κ3) is 9.36. The number of nitrogens with zero attached hydrogens (tertiary/aromatic N) is 2. The Hall–Kier alpha value is -4.35. The molecule has 0 fully saturated rings. The molecule has 0 saturated heterocycles. The zero-order valence-electron chi connectivity index (χ0n) is 25.7. The number of hydrogen-bond acceptors (Lipinski definition) is 4. The van der Waals surface area contributed by atoms with E-state index in [1.807, 2.05) is 25.1 Å². The summed E-state index contributed by atoms with van der Waals surface area (Å²) in [7, 11) is -4.58. The first kappa shape index (κ1) is 35.5. The van der Waals surface area contributed by atoms with Crippen molar-refractivity contribution in [2.45, 2.75) is 49.8 Å². The highest BCUT2D eigenvalue weighted by atomic mass is 35.5. The molecule has 0 aliphatic rings. The van der Waals surface area contributed by atoms with Crippen LogP contribution in [0.2, 0.25) is 5.02 Å². The first-order valence-corrected chi connectivity index (χ1v) is 16.8. The molecule has 0 aromatic heterocycles. The minimum absolute atomic E-state index is 0.0635. The number of benzene rings is 4. The molecule has 248 valence electrons. The van der Waals surface area contributed by atoms with Crippen LogP contribution in [0, 0.1) is 0 Å². The fraction of sp³-hybridized carbons (Fsp3) is 0.257. The van der Waals surface area contributed by atoms with Crippen LogP contribution in [-0.4, -0.2) is 44.3 Å². The van der Waals surface area contributed by atoms with E-state index in [0.717, 1.165) is 24.1 Å². The summed E-state index contributed by atoms with van der Waals surface area (Å²) in [4.78, 5) is 29.2. The van der Waals surface area contributed by atoms with Crippen molar-refractivity contribution in [3.63, 3.8) is 0 Å². The lowest BCUT2D eigenvalue weighted by atomic mass is 10.0. The van der Waals surface area contributed by atoms with Crippen LogP contribution < -0.4 is 9.62 Å². The molecule has 0 saturated carbocycles. The van der Waals surface area contributed by atoms with Gasteiger partial charge in [0.1, 0.15) is 12.6 Å². The van der Waals surface area contributed by atoms with Crippen LogP contribution in [0.4, 0.5) is 18.9 Å². The second-order valence-electron chi connectivity index (χ2n) is 10.8. The Bertz CT molecular complexity index is 1740. The number of amides is 2. The number of unbranched alkanes of at least 4 members (excludes halogenated alkanes) is 1. The highest BCUT2D eigenvalue weighted by Crippen LogP contribution is 2.38. The van der Waals surface area contributed by atoms with E-state index >= 15 is 0 Å². The molecule has 0 unspecified atom stereocenters.